The molecule has 0 spiro atoms. The van der Waals surface area contributed by atoms with Gasteiger partial charge in [0.05, 0.1) is 7.11 Å². The highest BCUT2D eigenvalue weighted by Crippen LogP contribution is 2.28. The van der Waals surface area contributed by atoms with Crippen LogP contribution in [0.1, 0.15) is 11.7 Å². The second-order valence-corrected chi connectivity index (χ2v) is 3.11. The van der Waals surface area contributed by atoms with E-state index in [1.54, 1.807) is 0 Å². The zero-order chi connectivity index (χ0) is 12.3. The molecule has 0 aliphatic carbocycles. The van der Waals surface area contributed by atoms with Gasteiger partial charge >= 0.3 is 5.97 Å². The van der Waals surface area contributed by atoms with Gasteiger partial charge in [-0.15, -0.1) is 0 Å². The van der Waals surface area contributed by atoms with Crippen LogP contribution in [-0.2, 0) is 4.79 Å². The number of aliphatic hydroxyl groups excluding tert-OH is 2. The number of hydrogen-bond acceptors (Lipinski definition) is 4. The summed E-state index contributed by atoms with van der Waals surface area (Å²) in [6.45, 7) is 0. The van der Waals surface area contributed by atoms with Crippen molar-refractivity contribution in [2.24, 2.45) is 0 Å². The van der Waals surface area contributed by atoms with E-state index in [9.17, 15) is 14.3 Å². The van der Waals surface area contributed by atoms with E-state index in [1.807, 2.05) is 0 Å². The van der Waals surface area contributed by atoms with Crippen molar-refractivity contribution in [1.82, 2.24) is 0 Å². The Hall–Kier alpha value is -1.66. The van der Waals surface area contributed by atoms with Crippen LogP contribution in [-0.4, -0.2) is 34.5 Å². The molecule has 3 N–H and O–H groups in total. The maximum Gasteiger partial charge on any atom is 0.335 e. The predicted molar refractivity (Wildman–Crippen MR) is 51.6 cm³/mol. The Bertz CT molecular complexity index is 393. The number of aliphatic carboxylic acids is 1. The summed E-state index contributed by atoms with van der Waals surface area (Å²) in [5, 5.41) is 27.2. The number of hydrogen-bond donors (Lipinski definition) is 3. The van der Waals surface area contributed by atoms with Crippen LogP contribution < -0.4 is 4.74 Å². The molecule has 0 aliphatic rings. The minimum absolute atomic E-state index is 0.0128. The average molecular weight is 230 g/mol. The van der Waals surface area contributed by atoms with Gasteiger partial charge in [-0.1, -0.05) is 0 Å². The summed E-state index contributed by atoms with van der Waals surface area (Å²) in [6, 6.07) is 3.19. The van der Waals surface area contributed by atoms with E-state index in [4.69, 9.17) is 14.9 Å². The normalized spacial score (nSPS) is 14.2. The number of carbonyl (C=O) groups is 1. The molecule has 1 rings (SSSR count). The number of aliphatic hydroxyl groups is 2. The summed E-state index contributed by atoms with van der Waals surface area (Å²) >= 11 is 0. The molecule has 1 aromatic carbocycles. The summed E-state index contributed by atoms with van der Waals surface area (Å²) in [5.74, 6) is -2.18. The van der Waals surface area contributed by atoms with Gasteiger partial charge in [0, 0.05) is 11.6 Å². The standard InChI is InChI=1S/C10H11FO5/c1-16-7-4-5(11)2-3-6(7)8(12)9(13)10(14)15/h2-4,8-9,12-13H,1H3,(H,14,15). The van der Waals surface area contributed by atoms with Gasteiger partial charge in [0.2, 0.25) is 0 Å². The summed E-state index contributed by atoms with van der Waals surface area (Å²) in [7, 11) is 1.25. The van der Waals surface area contributed by atoms with Crippen LogP contribution in [0.15, 0.2) is 18.2 Å². The van der Waals surface area contributed by atoms with Crippen molar-refractivity contribution in [3.8, 4) is 5.75 Å². The number of methoxy groups -OCH3 is 1. The van der Waals surface area contributed by atoms with E-state index in [0.717, 1.165) is 18.2 Å². The van der Waals surface area contributed by atoms with Gasteiger partial charge in [0.15, 0.2) is 6.10 Å². The fourth-order valence-electron chi connectivity index (χ4n) is 1.23. The molecule has 2 atom stereocenters. The monoisotopic (exact) mass is 230 g/mol. The number of ether oxygens (including phenoxy) is 1. The van der Waals surface area contributed by atoms with Gasteiger partial charge in [-0.25, -0.2) is 9.18 Å². The third kappa shape index (κ3) is 2.47. The highest BCUT2D eigenvalue weighted by atomic mass is 19.1. The van der Waals surface area contributed by atoms with Gasteiger partial charge in [-0.2, -0.15) is 0 Å². The van der Waals surface area contributed by atoms with Crippen LogP contribution in [0, 0.1) is 5.82 Å². The van der Waals surface area contributed by atoms with E-state index >= 15 is 0 Å². The first kappa shape index (κ1) is 12.4. The smallest absolute Gasteiger partial charge is 0.335 e. The van der Waals surface area contributed by atoms with Gasteiger partial charge < -0.3 is 20.1 Å². The van der Waals surface area contributed by atoms with Crippen LogP contribution >= 0.6 is 0 Å². The number of rotatable bonds is 4. The molecule has 16 heavy (non-hydrogen) atoms. The van der Waals surface area contributed by atoms with E-state index in [0.29, 0.717) is 0 Å². The summed E-state index contributed by atoms with van der Waals surface area (Å²) < 4.78 is 17.6. The SMILES string of the molecule is COc1cc(F)ccc1C(O)C(O)C(=O)O. The first-order valence-electron chi connectivity index (χ1n) is 4.39. The first-order valence-corrected chi connectivity index (χ1v) is 4.39. The number of benzene rings is 1. The number of carboxylic acids is 1. The molecule has 5 nitrogen and oxygen atoms in total. The van der Waals surface area contributed by atoms with Gasteiger partial charge in [0.25, 0.3) is 0 Å². The Morgan fingerprint density at radius 2 is 2.06 bits per heavy atom. The van der Waals surface area contributed by atoms with Crippen molar-refractivity contribution in [3.05, 3.63) is 29.6 Å². The number of halogens is 1. The zero-order valence-corrected chi connectivity index (χ0v) is 8.42. The Morgan fingerprint density at radius 3 is 2.56 bits per heavy atom. The highest BCUT2D eigenvalue weighted by molar-refractivity contribution is 5.73. The quantitative estimate of drug-likeness (QED) is 0.693. The van der Waals surface area contributed by atoms with Crippen molar-refractivity contribution in [2.75, 3.05) is 7.11 Å². The lowest BCUT2D eigenvalue weighted by Gasteiger charge is -2.17. The number of carboxylic acid groups (broad SMARTS) is 1. The second-order valence-electron chi connectivity index (χ2n) is 3.11. The van der Waals surface area contributed by atoms with Crippen LogP contribution in [0.2, 0.25) is 0 Å². The lowest BCUT2D eigenvalue weighted by molar-refractivity contribution is -0.153. The summed E-state index contributed by atoms with van der Waals surface area (Å²) in [6.07, 6.45) is -3.66. The molecule has 0 aliphatic heterocycles. The van der Waals surface area contributed by atoms with Crippen LogP contribution in [0.4, 0.5) is 4.39 Å². The molecular formula is C10H11FO5. The molecule has 6 heteroatoms. The second kappa shape index (κ2) is 4.91. The molecule has 0 bridgehead atoms. The molecule has 0 saturated heterocycles. The minimum atomic E-state index is -1.99. The largest absolute Gasteiger partial charge is 0.496 e. The average Bonchev–Trinajstić information content (AvgIpc) is 2.26. The molecule has 2 unspecified atom stereocenters. The van der Waals surface area contributed by atoms with Crippen LogP contribution in [0.5, 0.6) is 5.75 Å². The van der Waals surface area contributed by atoms with Crippen molar-refractivity contribution in [1.29, 1.82) is 0 Å². The fourth-order valence-corrected chi connectivity index (χ4v) is 1.23. The molecule has 0 aromatic heterocycles. The maximum atomic E-state index is 12.8. The predicted octanol–water partition coefficient (Wildman–Crippen LogP) is 0.313. The van der Waals surface area contributed by atoms with Gasteiger partial charge in [-0.05, 0) is 12.1 Å². The maximum absolute atomic E-state index is 12.8. The zero-order valence-electron chi connectivity index (χ0n) is 8.42. The Labute approximate surface area is 90.7 Å². The molecule has 1 aromatic rings. The van der Waals surface area contributed by atoms with Gasteiger partial charge in [0.1, 0.15) is 17.7 Å². The lowest BCUT2D eigenvalue weighted by Crippen LogP contribution is -2.27. The van der Waals surface area contributed by atoms with Crippen LogP contribution in [0.3, 0.4) is 0 Å². The Morgan fingerprint density at radius 1 is 1.44 bits per heavy atom. The van der Waals surface area contributed by atoms with E-state index in [-0.39, 0.29) is 11.3 Å². The van der Waals surface area contributed by atoms with Crippen molar-refractivity contribution in [2.45, 2.75) is 12.2 Å². The van der Waals surface area contributed by atoms with E-state index < -0.39 is 24.0 Å². The molecule has 0 radical (unpaired) electrons. The Kier molecular flexibility index (Phi) is 3.81. The highest BCUT2D eigenvalue weighted by Gasteiger charge is 2.27. The van der Waals surface area contributed by atoms with Gasteiger partial charge in [-0.3, -0.25) is 0 Å². The third-order valence-electron chi connectivity index (χ3n) is 2.07. The molecule has 0 amide bonds. The van der Waals surface area contributed by atoms with Crippen molar-refractivity contribution in [3.63, 3.8) is 0 Å². The van der Waals surface area contributed by atoms with E-state index in [1.165, 1.54) is 7.11 Å². The van der Waals surface area contributed by atoms with Crippen molar-refractivity contribution < 1.29 is 29.2 Å². The molecule has 0 heterocycles. The first-order chi connectivity index (χ1) is 7.47. The summed E-state index contributed by atoms with van der Waals surface area (Å²) in [4.78, 5) is 10.5. The Balaban J connectivity index is 3.07. The molecule has 88 valence electrons. The molecule has 0 fully saturated rings. The summed E-state index contributed by atoms with van der Waals surface area (Å²) in [5.41, 5.74) is 0.0128. The molecule has 0 saturated carbocycles. The minimum Gasteiger partial charge on any atom is -0.496 e. The molecular weight excluding hydrogens is 219 g/mol. The third-order valence-corrected chi connectivity index (χ3v) is 2.07. The topological polar surface area (TPSA) is 87.0 Å². The van der Waals surface area contributed by atoms with Crippen molar-refractivity contribution >= 4 is 5.97 Å². The van der Waals surface area contributed by atoms with E-state index in [2.05, 4.69) is 0 Å². The van der Waals surface area contributed by atoms with Crippen LogP contribution in [0.25, 0.3) is 0 Å². The fraction of sp³-hybridized carbons (Fsp3) is 0.300. The lowest BCUT2D eigenvalue weighted by atomic mass is 10.0.